The Labute approximate surface area is 102 Å². The van der Waals surface area contributed by atoms with Crippen LogP contribution in [0.15, 0.2) is 18.2 Å². The normalized spacial score (nSPS) is 16.0. The lowest BCUT2D eigenvalue weighted by Gasteiger charge is -2.22. The molecule has 92 valence electrons. The third kappa shape index (κ3) is 2.48. The zero-order valence-corrected chi connectivity index (χ0v) is 10.3. The van der Waals surface area contributed by atoms with E-state index in [4.69, 9.17) is 4.55 Å². The molecule has 0 saturated heterocycles. The Bertz CT molecular complexity index is 476. The van der Waals surface area contributed by atoms with Crippen LogP contribution in [0, 0.1) is 0 Å². The molecule has 1 aromatic carbocycles. The molecule has 0 bridgehead atoms. The first-order valence-corrected chi connectivity index (χ1v) is 6.49. The summed E-state index contributed by atoms with van der Waals surface area (Å²) in [5, 5.41) is 2.78. The lowest BCUT2D eigenvalue weighted by Crippen LogP contribution is -2.25. The zero-order chi connectivity index (χ0) is 12.4. The Morgan fingerprint density at radius 2 is 2.24 bits per heavy atom. The molecule has 1 aliphatic rings. The number of rotatable bonds is 3. The van der Waals surface area contributed by atoms with E-state index in [2.05, 4.69) is 5.32 Å². The van der Waals surface area contributed by atoms with E-state index in [1.165, 1.54) is 4.31 Å². The third-order valence-corrected chi connectivity index (χ3v) is 3.59. The fourth-order valence-electron chi connectivity index (χ4n) is 1.91. The molecule has 0 spiro atoms. The summed E-state index contributed by atoms with van der Waals surface area (Å²) in [6.07, 6.45) is 1.13. The topological polar surface area (TPSA) is 69.6 Å². The minimum absolute atomic E-state index is 0.0170. The number of fused-ring (bicyclic) bond motifs is 1. The van der Waals surface area contributed by atoms with Crippen molar-refractivity contribution in [1.29, 1.82) is 0 Å². The van der Waals surface area contributed by atoms with E-state index in [-0.39, 0.29) is 5.91 Å². The van der Waals surface area contributed by atoms with Gasteiger partial charge in [0.25, 0.3) is 11.3 Å². The largest absolute Gasteiger partial charge is 0.326 e. The molecule has 0 aliphatic carbocycles. The fraction of sp³-hybridized carbons (Fsp3) is 0.364. The minimum Gasteiger partial charge on any atom is -0.326 e. The summed E-state index contributed by atoms with van der Waals surface area (Å²) in [5.74, 6) is 0.0170. The highest BCUT2D eigenvalue weighted by molar-refractivity contribution is 7.80. The molecule has 17 heavy (non-hydrogen) atoms. The summed E-state index contributed by atoms with van der Waals surface area (Å²) in [6.45, 7) is 2.27. The van der Waals surface area contributed by atoms with E-state index in [9.17, 15) is 9.00 Å². The smallest absolute Gasteiger partial charge is 0.261 e. The molecule has 0 fully saturated rings. The van der Waals surface area contributed by atoms with Crippen LogP contribution >= 0.6 is 0 Å². The van der Waals surface area contributed by atoms with Gasteiger partial charge in [0.05, 0.1) is 5.69 Å². The number of carbonyl (C=O) groups excluding carboxylic acids is 1. The van der Waals surface area contributed by atoms with Gasteiger partial charge in [0.1, 0.15) is 0 Å². The van der Waals surface area contributed by atoms with Crippen LogP contribution < -0.4 is 9.62 Å². The van der Waals surface area contributed by atoms with Crippen molar-refractivity contribution in [3.63, 3.8) is 0 Å². The van der Waals surface area contributed by atoms with Crippen molar-refractivity contribution in [1.82, 2.24) is 0 Å². The lowest BCUT2D eigenvalue weighted by molar-refractivity contribution is -0.116. The molecule has 0 radical (unpaired) electrons. The Balaban J connectivity index is 2.33. The maximum atomic E-state index is 11.2. The molecular weight excluding hydrogens is 240 g/mol. The van der Waals surface area contributed by atoms with Gasteiger partial charge in [-0.3, -0.25) is 13.7 Å². The van der Waals surface area contributed by atoms with Crippen LogP contribution in [0.3, 0.4) is 0 Å². The fourth-order valence-corrected chi connectivity index (χ4v) is 2.42. The second-order valence-electron chi connectivity index (χ2n) is 3.82. The van der Waals surface area contributed by atoms with Gasteiger partial charge >= 0.3 is 0 Å². The highest BCUT2D eigenvalue weighted by atomic mass is 32.2. The van der Waals surface area contributed by atoms with Crippen LogP contribution in [-0.2, 0) is 22.5 Å². The molecule has 0 saturated carbocycles. The van der Waals surface area contributed by atoms with Gasteiger partial charge in [-0.1, -0.05) is 0 Å². The first-order chi connectivity index (χ1) is 8.11. The van der Waals surface area contributed by atoms with Crippen molar-refractivity contribution in [3.05, 3.63) is 23.8 Å². The molecule has 5 nitrogen and oxygen atoms in total. The number of hydrogen-bond donors (Lipinski definition) is 2. The monoisotopic (exact) mass is 254 g/mol. The highest BCUT2D eigenvalue weighted by Gasteiger charge is 2.17. The second kappa shape index (κ2) is 4.85. The van der Waals surface area contributed by atoms with Crippen molar-refractivity contribution in [2.75, 3.05) is 16.2 Å². The first-order valence-electron chi connectivity index (χ1n) is 5.43. The molecule has 2 N–H and O–H groups in total. The van der Waals surface area contributed by atoms with Gasteiger partial charge in [-0.2, -0.15) is 0 Å². The van der Waals surface area contributed by atoms with Crippen molar-refractivity contribution in [2.45, 2.75) is 19.8 Å². The maximum absolute atomic E-state index is 11.2. The minimum atomic E-state index is -2.02. The molecular formula is C11H14N2O3S. The number of hydrogen-bond acceptors (Lipinski definition) is 2. The van der Waals surface area contributed by atoms with Gasteiger partial charge in [0, 0.05) is 18.7 Å². The van der Waals surface area contributed by atoms with Gasteiger partial charge < -0.3 is 5.32 Å². The van der Waals surface area contributed by atoms with Crippen LogP contribution in [0.5, 0.6) is 0 Å². The molecule has 1 aromatic rings. The van der Waals surface area contributed by atoms with Crippen molar-refractivity contribution >= 4 is 28.5 Å². The van der Waals surface area contributed by atoms with Crippen LogP contribution in [0.1, 0.15) is 18.9 Å². The Morgan fingerprint density at radius 1 is 1.47 bits per heavy atom. The van der Waals surface area contributed by atoms with E-state index in [0.717, 1.165) is 11.3 Å². The van der Waals surface area contributed by atoms with Crippen LogP contribution in [0.25, 0.3) is 0 Å². The summed E-state index contributed by atoms with van der Waals surface area (Å²) < 4.78 is 21.6. The highest BCUT2D eigenvalue weighted by Crippen LogP contribution is 2.27. The van der Waals surface area contributed by atoms with Gasteiger partial charge in [0.15, 0.2) is 0 Å². The molecule has 0 aromatic heterocycles. The Kier molecular flexibility index (Phi) is 3.44. The van der Waals surface area contributed by atoms with E-state index in [0.29, 0.717) is 25.1 Å². The lowest BCUT2D eigenvalue weighted by atomic mass is 10.0. The summed E-state index contributed by atoms with van der Waals surface area (Å²) >= 11 is -2.02. The summed E-state index contributed by atoms with van der Waals surface area (Å²) in [6, 6.07) is 5.37. The number of nitrogens with zero attached hydrogens (tertiary/aromatic N) is 1. The average molecular weight is 254 g/mol. The average Bonchev–Trinajstić information content (AvgIpc) is 2.29. The van der Waals surface area contributed by atoms with Gasteiger partial charge in [0.2, 0.25) is 5.91 Å². The number of amides is 1. The van der Waals surface area contributed by atoms with E-state index in [1.807, 2.05) is 13.0 Å². The van der Waals surface area contributed by atoms with Crippen molar-refractivity contribution in [3.8, 4) is 0 Å². The number of aryl methyl sites for hydroxylation is 1. The molecule has 6 heteroatoms. The molecule has 1 aliphatic heterocycles. The second-order valence-corrected chi connectivity index (χ2v) is 4.72. The predicted molar refractivity (Wildman–Crippen MR) is 67.2 cm³/mol. The SMILES string of the molecule is CCN(c1ccc2c(c1)CCC(=O)N2)S(=O)O. The third-order valence-electron chi connectivity index (χ3n) is 2.75. The Morgan fingerprint density at radius 3 is 2.88 bits per heavy atom. The molecule has 1 heterocycles. The first kappa shape index (κ1) is 12.1. The molecule has 1 unspecified atom stereocenters. The van der Waals surface area contributed by atoms with E-state index < -0.39 is 11.3 Å². The molecule has 1 atom stereocenters. The van der Waals surface area contributed by atoms with Crippen molar-refractivity contribution in [2.24, 2.45) is 0 Å². The van der Waals surface area contributed by atoms with Gasteiger partial charge in [-0.15, -0.1) is 0 Å². The maximum Gasteiger partial charge on any atom is 0.261 e. The summed E-state index contributed by atoms with van der Waals surface area (Å²) in [7, 11) is 0. The standard InChI is InChI=1S/C11H14N2O3S/c1-2-13(17(15)16)9-4-5-10-8(7-9)3-6-11(14)12-10/h4-5,7H,2-3,6H2,1H3,(H,12,14)(H,15,16). The number of carbonyl (C=O) groups is 1. The van der Waals surface area contributed by atoms with Crippen LogP contribution in [-0.4, -0.2) is 21.2 Å². The van der Waals surface area contributed by atoms with Gasteiger partial charge in [-0.05, 0) is 37.1 Å². The number of benzene rings is 1. The summed E-state index contributed by atoms with van der Waals surface area (Å²) in [4.78, 5) is 11.2. The van der Waals surface area contributed by atoms with Crippen LogP contribution in [0.2, 0.25) is 0 Å². The summed E-state index contributed by atoms with van der Waals surface area (Å²) in [5.41, 5.74) is 2.50. The predicted octanol–water partition coefficient (Wildman–Crippen LogP) is 1.53. The van der Waals surface area contributed by atoms with Gasteiger partial charge in [-0.25, -0.2) is 4.21 Å². The quantitative estimate of drug-likeness (QED) is 0.804. The zero-order valence-electron chi connectivity index (χ0n) is 9.47. The Hall–Kier alpha value is -1.40. The number of nitrogens with one attached hydrogen (secondary N) is 1. The molecule has 1 amide bonds. The molecule has 2 rings (SSSR count). The van der Waals surface area contributed by atoms with Crippen molar-refractivity contribution < 1.29 is 13.6 Å². The number of anilines is 2. The van der Waals surface area contributed by atoms with E-state index >= 15 is 0 Å². The van der Waals surface area contributed by atoms with Crippen LogP contribution in [0.4, 0.5) is 11.4 Å². The van der Waals surface area contributed by atoms with E-state index in [1.54, 1.807) is 12.1 Å².